The van der Waals surface area contributed by atoms with E-state index >= 15 is 0 Å². The molecule has 0 amide bonds. The summed E-state index contributed by atoms with van der Waals surface area (Å²) in [5.74, 6) is -0.684. The minimum Gasteiger partial charge on any atom is -0.508 e. The summed E-state index contributed by atoms with van der Waals surface area (Å²) in [6.45, 7) is 2.32. The van der Waals surface area contributed by atoms with Crippen LogP contribution in [0.4, 0.5) is 5.69 Å². The minimum atomic E-state index is -0.927. The Morgan fingerprint density at radius 1 is 1.14 bits per heavy atom. The number of phenolic OH excluding ortho intramolecular Hbond substituents is 1. The molecule has 0 aliphatic rings. The lowest BCUT2D eigenvalue weighted by molar-refractivity contribution is 0.0697. The van der Waals surface area contributed by atoms with Crippen LogP contribution in [0.2, 0.25) is 0 Å². The second kappa shape index (κ2) is 6.65. The number of phenols is 1. The lowest BCUT2D eigenvalue weighted by Crippen LogP contribution is -1.96. The third-order valence-electron chi connectivity index (χ3n) is 3.07. The molecule has 2 N–H and O–H groups in total. The van der Waals surface area contributed by atoms with Crippen molar-refractivity contribution in [1.29, 1.82) is 0 Å². The molecule has 0 radical (unpaired) electrons. The summed E-state index contributed by atoms with van der Waals surface area (Å²) in [7, 11) is 0. The molecule has 108 valence electrons. The van der Waals surface area contributed by atoms with Crippen LogP contribution in [0, 0.1) is 6.92 Å². The van der Waals surface area contributed by atoms with E-state index in [-0.39, 0.29) is 11.3 Å². The number of hydrogen-bond donors (Lipinski definition) is 2. The fraction of sp³-hybridized carbons (Fsp3) is 0.188. The van der Waals surface area contributed by atoms with Crippen LogP contribution in [0.5, 0.6) is 5.75 Å². The molecule has 0 saturated carbocycles. The van der Waals surface area contributed by atoms with Crippen molar-refractivity contribution in [3.63, 3.8) is 0 Å². The zero-order valence-corrected chi connectivity index (χ0v) is 11.7. The topological polar surface area (TPSA) is 82.2 Å². The molecule has 2 rings (SSSR count). The molecule has 2 aromatic rings. The number of rotatable bonds is 5. The maximum absolute atomic E-state index is 10.7. The number of carboxylic acids is 1. The maximum atomic E-state index is 10.7. The van der Waals surface area contributed by atoms with Crippen molar-refractivity contribution < 1.29 is 15.0 Å². The van der Waals surface area contributed by atoms with E-state index in [1.165, 1.54) is 0 Å². The highest BCUT2D eigenvalue weighted by molar-refractivity contribution is 5.87. The molecule has 0 spiro atoms. The molecular weight excluding hydrogens is 268 g/mol. The van der Waals surface area contributed by atoms with Gasteiger partial charge in [-0.2, -0.15) is 10.2 Å². The molecule has 0 atom stereocenters. The summed E-state index contributed by atoms with van der Waals surface area (Å²) in [5.41, 5.74) is 2.75. The van der Waals surface area contributed by atoms with Gasteiger partial charge in [0.2, 0.25) is 0 Å². The average Bonchev–Trinajstić information content (AvgIpc) is 2.47. The van der Waals surface area contributed by atoms with E-state index in [4.69, 9.17) is 5.11 Å². The van der Waals surface area contributed by atoms with Crippen molar-refractivity contribution in [2.45, 2.75) is 13.3 Å². The molecule has 0 aliphatic carbocycles. The fourth-order valence-electron chi connectivity index (χ4n) is 1.83. The first-order valence-electron chi connectivity index (χ1n) is 6.55. The Labute approximate surface area is 122 Å². The van der Waals surface area contributed by atoms with Gasteiger partial charge in [0.05, 0.1) is 17.8 Å². The first-order valence-corrected chi connectivity index (χ1v) is 6.55. The summed E-state index contributed by atoms with van der Waals surface area (Å²) >= 11 is 0. The van der Waals surface area contributed by atoms with Crippen LogP contribution in [-0.4, -0.2) is 22.7 Å². The monoisotopic (exact) mass is 284 g/mol. The van der Waals surface area contributed by atoms with Gasteiger partial charge in [0.1, 0.15) is 5.75 Å². The molecular formula is C16H16N2O3. The van der Waals surface area contributed by atoms with Crippen molar-refractivity contribution in [1.82, 2.24) is 0 Å². The molecule has 0 bridgehead atoms. The second-order valence-electron chi connectivity index (χ2n) is 4.69. The van der Waals surface area contributed by atoms with Gasteiger partial charge in [-0.05, 0) is 54.8 Å². The number of aromatic hydroxyl groups is 1. The number of aryl methyl sites for hydroxylation is 1. The Hall–Kier alpha value is -2.69. The van der Waals surface area contributed by atoms with Crippen LogP contribution in [0.1, 0.15) is 21.5 Å². The molecule has 0 saturated heterocycles. The average molecular weight is 284 g/mol. The molecule has 0 fully saturated rings. The van der Waals surface area contributed by atoms with Crippen molar-refractivity contribution in [3.8, 4) is 5.75 Å². The number of aromatic carboxylic acids is 1. The Morgan fingerprint density at radius 3 is 2.48 bits per heavy atom. The molecule has 21 heavy (non-hydrogen) atoms. The predicted molar refractivity (Wildman–Crippen MR) is 79.3 cm³/mol. The van der Waals surface area contributed by atoms with Crippen LogP contribution in [-0.2, 0) is 6.42 Å². The van der Waals surface area contributed by atoms with Gasteiger partial charge in [-0.25, -0.2) is 4.79 Å². The first kappa shape index (κ1) is 14.7. The van der Waals surface area contributed by atoms with Gasteiger partial charge in [-0.15, -0.1) is 0 Å². The maximum Gasteiger partial charge on any atom is 0.335 e. The Kier molecular flexibility index (Phi) is 4.66. The molecule has 0 heterocycles. The molecule has 2 aromatic carbocycles. The molecule has 5 nitrogen and oxygen atoms in total. The van der Waals surface area contributed by atoms with Crippen LogP contribution in [0.3, 0.4) is 0 Å². The van der Waals surface area contributed by atoms with E-state index in [0.717, 1.165) is 11.1 Å². The van der Waals surface area contributed by atoms with E-state index in [1.54, 1.807) is 49.4 Å². The van der Waals surface area contributed by atoms with Gasteiger partial charge in [0.15, 0.2) is 0 Å². The molecule has 0 aromatic heterocycles. The lowest BCUT2D eigenvalue weighted by Gasteiger charge is -2.00. The van der Waals surface area contributed by atoms with Gasteiger partial charge >= 0.3 is 5.97 Å². The normalized spacial score (nSPS) is 10.9. The summed E-state index contributed by atoms with van der Waals surface area (Å²) in [6, 6.07) is 11.8. The van der Waals surface area contributed by atoms with E-state index < -0.39 is 5.97 Å². The fourth-order valence-corrected chi connectivity index (χ4v) is 1.83. The molecule has 0 aliphatic heterocycles. The smallest absolute Gasteiger partial charge is 0.335 e. The van der Waals surface area contributed by atoms with Crippen molar-refractivity contribution in [3.05, 3.63) is 59.2 Å². The van der Waals surface area contributed by atoms with Gasteiger partial charge in [-0.3, -0.25) is 0 Å². The van der Waals surface area contributed by atoms with Crippen LogP contribution in [0.25, 0.3) is 0 Å². The van der Waals surface area contributed by atoms with Crippen molar-refractivity contribution in [2.75, 3.05) is 6.54 Å². The van der Waals surface area contributed by atoms with E-state index in [2.05, 4.69) is 10.2 Å². The van der Waals surface area contributed by atoms with Gasteiger partial charge in [0, 0.05) is 0 Å². The Bertz CT molecular complexity index is 664. The molecule has 5 heteroatoms. The largest absolute Gasteiger partial charge is 0.508 e. The minimum absolute atomic E-state index is 0.243. The van der Waals surface area contributed by atoms with Crippen LogP contribution < -0.4 is 0 Å². The van der Waals surface area contributed by atoms with E-state index in [0.29, 0.717) is 18.7 Å². The highest BCUT2D eigenvalue weighted by Gasteiger charge is 2.01. The van der Waals surface area contributed by atoms with Crippen LogP contribution in [0.15, 0.2) is 52.7 Å². The number of benzene rings is 2. The van der Waals surface area contributed by atoms with E-state index in [9.17, 15) is 9.90 Å². The standard InChI is InChI=1S/C16H16N2O3/c1-11-10-14(6-7-15(11)19)18-17-9-8-12-2-4-13(5-3-12)16(20)21/h2-7,10,19H,8-9H2,1H3,(H,20,21). The number of hydrogen-bond acceptors (Lipinski definition) is 4. The molecule has 0 unspecified atom stereocenters. The van der Waals surface area contributed by atoms with Crippen molar-refractivity contribution in [2.24, 2.45) is 10.2 Å². The Morgan fingerprint density at radius 2 is 1.86 bits per heavy atom. The summed E-state index contributed by atoms with van der Waals surface area (Å²) in [6.07, 6.45) is 0.695. The SMILES string of the molecule is Cc1cc(N=NCCc2ccc(C(=O)O)cc2)ccc1O. The summed E-state index contributed by atoms with van der Waals surface area (Å²) in [5, 5.41) is 26.4. The zero-order chi connectivity index (χ0) is 15.2. The van der Waals surface area contributed by atoms with Gasteiger partial charge in [0.25, 0.3) is 0 Å². The van der Waals surface area contributed by atoms with Crippen molar-refractivity contribution >= 4 is 11.7 Å². The summed E-state index contributed by atoms with van der Waals surface area (Å²) < 4.78 is 0. The third-order valence-corrected chi connectivity index (χ3v) is 3.07. The predicted octanol–water partition coefficient (Wildman–Crippen LogP) is 3.73. The quantitative estimate of drug-likeness (QED) is 0.821. The number of nitrogens with zero attached hydrogens (tertiary/aromatic N) is 2. The summed E-state index contributed by atoms with van der Waals surface area (Å²) in [4.78, 5) is 10.7. The highest BCUT2D eigenvalue weighted by atomic mass is 16.4. The van der Waals surface area contributed by atoms with Gasteiger partial charge < -0.3 is 10.2 Å². The third kappa shape index (κ3) is 4.14. The zero-order valence-electron chi connectivity index (χ0n) is 11.7. The Balaban J connectivity index is 1.89. The van der Waals surface area contributed by atoms with E-state index in [1.807, 2.05) is 0 Å². The number of azo groups is 1. The van der Waals surface area contributed by atoms with Crippen LogP contribution >= 0.6 is 0 Å². The second-order valence-corrected chi connectivity index (χ2v) is 4.69. The number of carboxylic acid groups (broad SMARTS) is 1. The lowest BCUT2D eigenvalue weighted by atomic mass is 10.1. The first-order chi connectivity index (χ1) is 10.1. The highest BCUT2D eigenvalue weighted by Crippen LogP contribution is 2.22. The van der Waals surface area contributed by atoms with Gasteiger partial charge in [-0.1, -0.05) is 12.1 Å². The number of carbonyl (C=O) groups is 1.